The molecule has 22 heavy (non-hydrogen) atoms. The number of hydrogen-bond donors (Lipinski definition) is 0. The van der Waals surface area contributed by atoms with Gasteiger partial charge in [-0.05, 0) is 24.3 Å². The fraction of sp³-hybridized carbons (Fsp3) is 0.667. The summed E-state index contributed by atoms with van der Waals surface area (Å²) in [6, 6.07) is 9.96. The summed E-state index contributed by atoms with van der Waals surface area (Å²) in [5.41, 5.74) is 1.15. The Labute approximate surface area is 135 Å². The zero-order chi connectivity index (χ0) is 16.3. The molecule has 0 aliphatic heterocycles. The van der Waals surface area contributed by atoms with E-state index in [1.807, 2.05) is 30.3 Å². The highest BCUT2D eigenvalue weighted by Gasteiger charge is 2.12. The molecule has 3 nitrogen and oxygen atoms in total. The molecule has 1 aromatic rings. The third-order valence-electron chi connectivity index (χ3n) is 4.14. The summed E-state index contributed by atoms with van der Waals surface area (Å²) < 4.78 is 32.7. The number of benzene rings is 1. The molecule has 0 aromatic heterocycles. The molecule has 0 radical (unpaired) electrons. The standard InChI is InChI=1S/C18H30O3S/c1-2-3-4-5-6-7-9-14-18(15-16-22(19,20)21)17-12-10-8-11-13-17/h8,10-13,18H,2-7,9,14-16H2,1H3,(H,19,20,21)/p-1. The van der Waals surface area contributed by atoms with Gasteiger partial charge in [0.15, 0.2) is 0 Å². The summed E-state index contributed by atoms with van der Waals surface area (Å²) in [6.45, 7) is 2.22. The van der Waals surface area contributed by atoms with E-state index in [0.29, 0.717) is 6.42 Å². The first-order valence-corrected chi connectivity index (χ1v) is 10.1. The Balaban J connectivity index is 2.39. The minimum atomic E-state index is -4.12. The fourth-order valence-corrected chi connectivity index (χ4v) is 3.41. The van der Waals surface area contributed by atoms with Gasteiger partial charge in [0.05, 0.1) is 10.1 Å². The second-order valence-electron chi connectivity index (χ2n) is 6.07. The maximum atomic E-state index is 10.9. The highest BCUT2D eigenvalue weighted by molar-refractivity contribution is 7.85. The van der Waals surface area contributed by atoms with E-state index < -0.39 is 10.1 Å². The molecule has 0 saturated carbocycles. The smallest absolute Gasteiger partial charge is 0.0946 e. The highest BCUT2D eigenvalue weighted by Crippen LogP contribution is 2.26. The highest BCUT2D eigenvalue weighted by atomic mass is 32.2. The average molecular weight is 325 g/mol. The predicted octanol–water partition coefficient (Wildman–Crippen LogP) is 4.85. The van der Waals surface area contributed by atoms with Gasteiger partial charge in [-0.2, -0.15) is 0 Å². The molecule has 1 rings (SSSR count). The van der Waals surface area contributed by atoms with Crippen molar-refractivity contribution in [1.82, 2.24) is 0 Å². The lowest BCUT2D eigenvalue weighted by atomic mass is 9.91. The number of unbranched alkanes of at least 4 members (excludes halogenated alkanes) is 6. The van der Waals surface area contributed by atoms with Crippen molar-refractivity contribution in [1.29, 1.82) is 0 Å². The van der Waals surface area contributed by atoms with Crippen molar-refractivity contribution < 1.29 is 13.0 Å². The lowest BCUT2D eigenvalue weighted by Crippen LogP contribution is -2.10. The SMILES string of the molecule is CCCCCCCCCC(CCS(=O)(=O)[O-])c1ccccc1. The first kappa shape index (κ1) is 19.2. The van der Waals surface area contributed by atoms with E-state index in [9.17, 15) is 13.0 Å². The Morgan fingerprint density at radius 1 is 0.909 bits per heavy atom. The zero-order valence-electron chi connectivity index (χ0n) is 13.7. The first-order chi connectivity index (χ1) is 10.5. The number of hydrogen-bond acceptors (Lipinski definition) is 3. The van der Waals surface area contributed by atoms with E-state index in [1.165, 1.54) is 38.5 Å². The third kappa shape index (κ3) is 9.21. The maximum Gasteiger partial charge on any atom is 0.0946 e. The molecule has 0 aliphatic rings. The van der Waals surface area contributed by atoms with E-state index in [-0.39, 0.29) is 11.7 Å². The molecular formula is C18H29O3S-. The van der Waals surface area contributed by atoms with Gasteiger partial charge < -0.3 is 4.55 Å². The molecule has 0 amide bonds. The third-order valence-corrected chi connectivity index (χ3v) is 4.88. The summed E-state index contributed by atoms with van der Waals surface area (Å²) in [5.74, 6) is -0.0798. The van der Waals surface area contributed by atoms with Gasteiger partial charge in [-0.15, -0.1) is 0 Å². The molecule has 0 aliphatic carbocycles. The van der Waals surface area contributed by atoms with E-state index in [0.717, 1.165) is 18.4 Å². The lowest BCUT2D eigenvalue weighted by molar-refractivity contribution is 0.454. The second kappa shape index (κ2) is 10.8. The quantitative estimate of drug-likeness (QED) is 0.408. The van der Waals surface area contributed by atoms with Crippen LogP contribution in [0.4, 0.5) is 0 Å². The molecule has 0 heterocycles. The van der Waals surface area contributed by atoms with Crippen LogP contribution in [0.25, 0.3) is 0 Å². The number of rotatable bonds is 12. The summed E-state index contributed by atoms with van der Waals surface area (Å²) in [7, 11) is -4.12. The van der Waals surface area contributed by atoms with E-state index >= 15 is 0 Å². The summed E-state index contributed by atoms with van der Waals surface area (Å²) in [5, 5.41) is 0. The molecular weight excluding hydrogens is 296 g/mol. The minimum Gasteiger partial charge on any atom is -0.748 e. The van der Waals surface area contributed by atoms with E-state index in [2.05, 4.69) is 6.92 Å². The lowest BCUT2D eigenvalue weighted by Gasteiger charge is -2.18. The van der Waals surface area contributed by atoms with Crippen molar-refractivity contribution in [2.45, 2.75) is 70.6 Å². The molecule has 0 spiro atoms. The van der Waals surface area contributed by atoms with E-state index in [4.69, 9.17) is 0 Å². The predicted molar refractivity (Wildman–Crippen MR) is 91.0 cm³/mol. The Morgan fingerprint density at radius 2 is 1.50 bits per heavy atom. The maximum absolute atomic E-state index is 10.9. The molecule has 0 saturated heterocycles. The Bertz CT molecular complexity index is 482. The van der Waals surface area contributed by atoms with Crippen LogP contribution in [0, 0.1) is 0 Å². The minimum absolute atomic E-state index is 0.181. The Kier molecular flexibility index (Phi) is 9.41. The summed E-state index contributed by atoms with van der Waals surface area (Å²) in [4.78, 5) is 0. The topological polar surface area (TPSA) is 57.2 Å². The molecule has 0 bridgehead atoms. The molecule has 4 heteroatoms. The molecule has 0 N–H and O–H groups in total. The monoisotopic (exact) mass is 325 g/mol. The molecule has 1 atom stereocenters. The van der Waals surface area contributed by atoms with Crippen molar-refractivity contribution in [2.24, 2.45) is 0 Å². The largest absolute Gasteiger partial charge is 0.748 e. The molecule has 1 unspecified atom stereocenters. The molecule has 0 fully saturated rings. The van der Waals surface area contributed by atoms with Gasteiger partial charge >= 0.3 is 0 Å². The first-order valence-electron chi connectivity index (χ1n) is 8.51. The van der Waals surface area contributed by atoms with Crippen molar-refractivity contribution in [3.05, 3.63) is 35.9 Å². The van der Waals surface area contributed by atoms with Crippen LogP contribution in [0.2, 0.25) is 0 Å². The summed E-state index contributed by atoms with van der Waals surface area (Å²) >= 11 is 0. The van der Waals surface area contributed by atoms with Crippen LogP contribution in [-0.2, 0) is 10.1 Å². The Hall–Kier alpha value is -0.870. The van der Waals surface area contributed by atoms with Crippen molar-refractivity contribution in [2.75, 3.05) is 5.75 Å². The van der Waals surface area contributed by atoms with Crippen LogP contribution >= 0.6 is 0 Å². The van der Waals surface area contributed by atoms with Crippen LogP contribution in [0.5, 0.6) is 0 Å². The van der Waals surface area contributed by atoms with Gasteiger partial charge in [-0.25, -0.2) is 8.42 Å². The van der Waals surface area contributed by atoms with Crippen LogP contribution in [0.15, 0.2) is 30.3 Å². The zero-order valence-corrected chi connectivity index (χ0v) is 14.5. The fourth-order valence-electron chi connectivity index (χ4n) is 2.84. The van der Waals surface area contributed by atoms with Crippen molar-refractivity contribution in [3.8, 4) is 0 Å². The van der Waals surface area contributed by atoms with Gasteiger partial charge in [0.2, 0.25) is 0 Å². The van der Waals surface area contributed by atoms with Gasteiger partial charge in [0.1, 0.15) is 0 Å². The molecule has 126 valence electrons. The van der Waals surface area contributed by atoms with E-state index in [1.54, 1.807) is 0 Å². The van der Waals surface area contributed by atoms with Gasteiger partial charge in [-0.3, -0.25) is 0 Å². The van der Waals surface area contributed by atoms with Crippen molar-refractivity contribution in [3.63, 3.8) is 0 Å². The normalized spacial score (nSPS) is 13.2. The average Bonchev–Trinajstić information content (AvgIpc) is 2.49. The van der Waals surface area contributed by atoms with Crippen LogP contribution in [0.3, 0.4) is 0 Å². The summed E-state index contributed by atoms with van der Waals surface area (Å²) in [6.07, 6.45) is 10.1. The van der Waals surface area contributed by atoms with Crippen molar-refractivity contribution >= 4 is 10.1 Å². The molecule has 1 aromatic carbocycles. The van der Waals surface area contributed by atoms with Crippen LogP contribution in [0.1, 0.15) is 76.2 Å². The van der Waals surface area contributed by atoms with Gasteiger partial charge in [0.25, 0.3) is 0 Å². The van der Waals surface area contributed by atoms with Gasteiger partial charge in [0, 0.05) is 5.75 Å². The van der Waals surface area contributed by atoms with Crippen LogP contribution < -0.4 is 0 Å². The van der Waals surface area contributed by atoms with Crippen LogP contribution in [-0.4, -0.2) is 18.7 Å². The Morgan fingerprint density at radius 3 is 2.09 bits per heavy atom. The van der Waals surface area contributed by atoms with Gasteiger partial charge in [-0.1, -0.05) is 82.2 Å². The second-order valence-corrected chi connectivity index (χ2v) is 7.59.